The maximum atomic E-state index is 12.5. The number of piperazine rings is 1. The standard InChI is InChI=1S/C14H19N3O2/c1-9-3-4-11(7-10(9)2)14(19)17-6-5-16-8-12(17)13(15)18/h3-4,7,12,16H,5-6,8H2,1-2H3,(H2,15,18). The molecule has 1 saturated heterocycles. The van der Waals surface area contributed by atoms with Crippen LogP contribution in [0.15, 0.2) is 18.2 Å². The van der Waals surface area contributed by atoms with Gasteiger partial charge in [-0.2, -0.15) is 0 Å². The molecule has 102 valence electrons. The van der Waals surface area contributed by atoms with Gasteiger partial charge >= 0.3 is 0 Å². The van der Waals surface area contributed by atoms with E-state index >= 15 is 0 Å². The van der Waals surface area contributed by atoms with Crippen LogP contribution in [-0.2, 0) is 4.79 Å². The molecule has 0 spiro atoms. The number of hydrogen-bond donors (Lipinski definition) is 2. The molecule has 19 heavy (non-hydrogen) atoms. The Morgan fingerprint density at radius 3 is 2.68 bits per heavy atom. The van der Waals surface area contributed by atoms with Gasteiger partial charge in [0.15, 0.2) is 0 Å². The van der Waals surface area contributed by atoms with Crippen LogP contribution in [-0.4, -0.2) is 42.4 Å². The lowest BCUT2D eigenvalue weighted by Gasteiger charge is -2.34. The van der Waals surface area contributed by atoms with Crippen molar-refractivity contribution >= 4 is 11.8 Å². The fraction of sp³-hybridized carbons (Fsp3) is 0.429. The summed E-state index contributed by atoms with van der Waals surface area (Å²) in [4.78, 5) is 25.4. The Bertz CT molecular complexity index is 513. The molecule has 2 rings (SSSR count). The third-order valence-corrected chi connectivity index (χ3v) is 3.59. The average Bonchev–Trinajstić information content (AvgIpc) is 2.41. The van der Waals surface area contributed by atoms with Crippen LogP contribution in [0.4, 0.5) is 0 Å². The largest absolute Gasteiger partial charge is 0.368 e. The summed E-state index contributed by atoms with van der Waals surface area (Å²) in [7, 11) is 0. The average molecular weight is 261 g/mol. The first-order valence-electron chi connectivity index (χ1n) is 6.39. The summed E-state index contributed by atoms with van der Waals surface area (Å²) < 4.78 is 0. The van der Waals surface area contributed by atoms with Crippen molar-refractivity contribution in [3.05, 3.63) is 34.9 Å². The zero-order chi connectivity index (χ0) is 14.0. The minimum Gasteiger partial charge on any atom is -0.368 e. The molecule has 1 fully saturated rings. The van der Waals surface area contributed by atoms with E-state index in [2.05, 4.69) is 5.32 Å². The molecule has 1 aromatic carbocycles. The van der Waals surface area contributed by atoms with Crippen molar-refractivity contribution in [2.75, 3.05) is 19.6 Å². The van der Waals surface area contributed by atoms with E-state index in [0.29, 0.717) is 25.2 Å². The summed E-state index contributed by atoms with van der Waals surface area (Å²) in [6.07, 6.45) is 0. The second-order valence-electron chi connectivity index (χ2n) is 4.92. The minimum absolute atomic E-state index is 0.131. The van der Waals surface area contributed by atoms with E-state index in [4.69, 9.17) is 5.73 Å². The molecule has 1 heterocycles. The number of carbonyl (C=O) groups is 2. The van der Waals surface area contributed by atoms with Crippen molar-refractivity contribution in [2.45, 2.75) is 19.9 Å². The number of nitrogens with one attached hydrogen (secondary N) is 1. The molecule has 5 heteroatoms. The highest BCUT2D eigenvalue weighted by Crippen LogP contribution is 2.14. The van der Waals surface area contributed by atoms with Crippen molar-refractivity contribution in [3.63, 3.8) is 0 Å². The second kappa shape index (κ2) is 5.40. The highest BCUT2D eigenvalue weighted by atomic mass is 16.2. The molecule has 1 unspecified atom stereocenters. The molecule has 1 aliphatic rings. The number of benzene rings is 1. The first kappa shape index (κ1) is 13.5. The van der Waals surface area contributed by atoms with Gasteiger partial charge in [0.2, 0.25) is 5.91 Å². The number of hydrogen-bond acceptors (Lipinski definition) is 3. The van der Waals surface area contributed by atoms with Gasteiger partial charge in [0.1, 0.15) is 6.04 Å². The first-order valence-corrected chi connectivity index (χ1v) is 6.39. The quantitative estimate of drug-likeness (QED) is 0.798. The van der Waals surface area contributed by atoms with Crippen LogP contribution in [0, 0.1) is 13.8 Å². The molecular formula is C14H19N3O2. The Morgan fingerprint density at radius 2 is 2.05 bits per heavy atom. The molecule has 1 aliphatic heterocycles. The predicted octanol–water partition coefficient (Wildman–Crippen LogP) is 0.203. The number of nitrogens with two attached hydrogens (primary N) is 1. The van der Waals surface area contributed by atoms with Crippen LogP contribution in [0.1, 0.15) is 21.5 Å². The molecular weight excluding hydrogens is 242 g/mol. The fourth-order valence-electron chi connectivity index (χ4n) is 2.24. The summed E-state index contributed by atoms with van der Waals surface area (Å²) >= 11 is 0. The number of carbonyl (C=O) groups excluding carboxylic acids is 2. The van der Waals surface area contributed by atoms with E-state index in [-0.39, 0.29) is 5.91 Å². The Labute approximate surface area is 112 Å². The monoisotopic (exact) mass is 261 g/mol. The van der Waals surface area contributed by atoms with Gasteiger partial charge in [-0.25, -0.2) is 0 Å². The number of nitrogens with zero attached hydrogens (tertiary/aromatic N) is 1. The van der Waals surface area contributed by atoms with Crippen LogP contribution in [0.5, 0.6) is 0 Å². The van der Waals surface area contributed by atoms with Crippen LogP contribution in [0.2, 0.25) is 0 Å². The van der Waals surface area contributed by atoms with Crippen molar-refractivity contribution in [2.24, 2.45) is 5.73 Å². The number of amides is 2. The van der Waals surface area contributed by atoms with Crippen molar-refractivity contribution in [1.82, 2.24) is 10.2 Å². The maximum Gasteiger partial charge on any atom is 0.254 e. The number of aryl methyl sites for hydroxylation is 2. The molecule has 1 atom stereocenters. The maximum absolute atomic E-state index is 12.5. The van der Waals surface area contributed by atoms with E-state index in [1.807, 2.05) is 26.0 Å². The van der Waals surface area contributed by atoms with E-state index in [9.17, 15) is 9.59 Å². The molecule has 0 aromatic heterocycles. The van der Waals surface area contributed by atoms with Crippen LogP contribution >= 0.6 is 0 Å². The normalized spacial score (nSPS) is 19.3. The SMILES string of the molecule is Cc1ccc(C(=O)N2CCNCC2C(N)=O)cc1C. The van der Waals surface area contributed by atoms with E-state index in [0.717, 1.165) is 11.1 Å². The molecule has 3 N–H and O–H groups in total. The Kier molecular flexibility index (Phi) is 3.85. The van der Waals surface area contributed by atoms with Gasteiger partial charge < -0.3 is 16.0 Å². The van der Waals surface area contributed by atoms with Crippen molar-refractivity contribution < 1.29 is 9.59 Å². The highest BCUT2D eigenvalue weighted by Gasteiger charge is 2.31. The van der Waals surface area contributed by atoms with E-state index in [1.165, 1.54) is 0 Å². The van der Waals surface area contributed by atoms with Crippen LogP contribution < -0.4 is 11.1 Å². The van der Waals surface area contributed by atoms with Gasteiger partial charge in [0.25, 0.3) is 5.91 Å². The molecule has 0 saturated carbocycles. The van der Waals surface area contributed by atoms with Gasteiger partial charge in [-0.3, -0.25) is 9.59 Å². The first-order chi connectivity index (χ1) is 9.00. The van der Waals surface area contributed by atoms with Crippen molar-refractivity contribution in [1.29, 1.82) is 0 Å². The molecule has 0 radical (unpaired) electrons. The van der Waals surface area contributed by atoms with E-state index in [1.54, 1.807) is 11.0 Å². The highest BCUT2D eigenvalue weighted by molar-refractivity contribution is 5.97. The third kappa shape index (κ3) is 2.76. The zero-order valence-corrected chi connectivity index (χ0v) is 11.3. The van der Waals surface area contributed by atoms with Gasteiger partial charge in [-0.15, -0.1) is 0 Å². The lowest BCUT2D eigenvalue weighted by Crippen LogP contribution is -2.58. The smallest absolute Gasteiger partial charge is 0.254 e. The molecule has 5 nitrogen and oxygen atoms in total. The molecule has 2 amide bonds. The second-order valence-corrected chi connectivity index (χ2v) is 4.92. The van der Waals surface area contributed by atoms with E-state index < -0.39 is 11.9 Å². The van der Waals surface area contributed by atoms with Crippen LogP contribution in [0.25, 0.3) is 0 Å². The topological polar surface area (TPSA) is 75.4 Å². The molecule has 0 aliphatic carbocycles. The van der Waals surface area contributed by atoms with Crippen LogP contribution in [0.3, 0.4) is 0 Å². The van der Waals surface area contributed by atoms with Gasteiger partial charge in [-0.1, -0.05) is 6.07 Å². The predicted molar refractivity (Wildman–Crippen MR) is 72.8 cm³/mol. The summed E-state index contributed by atoms with van der Waals surface area (Å²) in [5.41, 5.74) is 8.17. The molecule has 1 aromatic rings. The fourth-order valence-corrected chi connectivity index (χ4v) is 2.24. The zero-order valence-electron chi connectivity index (χ0n) is 11.3. The summed E-state index contributed by atoms with van der Waals surface area (Å²) in [5, 5.41) is 3.08. The Hall–Kier alpha value is -1.88. The van der Waals surface area contributed by atoms with Crippen molar-refractivity contribution in [3.8, 4) is 0 Å². The summed E-state index contributed by atoms with van der Waals surface area (Å²) in [6, 6.07) is 5.01. The number of primary amides is 1. The lowest BCUT2D eigenvalue weighted by molar-refractivity contribution is -0.122. The summed E-state index contributed by atoms with van der Waals surface area (Å²) in [6.45, 7) is 5.57. The third-order valence-electron chi connectivity index (χ3n) is 3.59. The van der Waals surface area contributed by atoms with Gasteiger partial charge in [0, 0.05) is 25.2 Å². The Morgan fingerprint density at radius 1 is 1.32 bits per heavy atom. The summed E-state index contributed by atoms with van der Waals surface area (Å²) in [5.74, 6) is -0.599. The molecule has 0 bridgehead atoms. The number of rotatable bonds is 2. The minimum atomic E-state index is -0.567. The van der Waals surface area contributed by atoms with Gasteiger partial charge in [0.05, 0.1) is 0 Å². The Balaban J connectivity index is 2.26. The van der Waals surface area contributed by atoms with Gasteiger partial charge in [-0.05, 0) is 37.1 Å². The lowest BCUT2D eigenvalue weighted by atomic mass is 10.0.